The first-order chi connectivity index (χ1) is 11.2. The molecule has 0 atom stereocenters. The Bertz CT molecular complexity index is 474. The number of hydrogen-bond acceptors (Lipinski definition) is 2. The van der Waals surface area contributed by atoms with E-state index in [-0.39, 0.29) is 11.7 Å². The topological polar surface area (TPSA) is 41.5 Å². The molecule has 0 unspecified atom stereocenters. The Morgan fingerprint density at radius 1 is 1.09 bits per heavy atom. The molecule has 0 spiro atoms. The van der Waals surface area contributed by atoms with Crippen LogP contribution in [0.25, 0.3) is 0 Å². The SMILES string of the molecule is CCCCCCCCCCCC(=O)NN=Cc1cccc(F)c1. The summed E-state index contributed by atoms with van der Waals surface area (Å²) in [6, 6.07) is 6.09. The van der Waals surface area contributed by atoms with Gasteiger partial charge in [-0.3, -0.25) is 4.79 Å². The number of amides is 1. The van der Waals surface area contributed by atoms with Crippen LogP contribution < -0.4 is 5.43 Å². The van der Waals surface area contributed by atoms with Gasteiger partial charge in [0.2, 0.25) is 5.91 Å². The number of nitrogens with one attached hydrogen (secondary N) is 1. The minimum atomic E-state index is -0.310. The zero-order valence-electron chi connectivity index (χ0n) is 14.2. The van der Waals surface area contributed by atoms with Gasteiger partial charge in [-0.25, -0.2) is 9.82 Å². The molecule has 0 aromatic heterocycles. The predicted molar refractivity (Wildman–Crippen MR) is 94.0 cm³/mol. The molecule has 23 heavy (non-hydrogen) atoms. The maximum absolute atomic E-state index is 13.0. The molecule has 4 heteroatoms. The lowest BCUT2D eigenvalue weighted by Gasteiger charge is -2.02. The van der Waals surface area contributed by atoms with Crippen LogP contribution in [0, 0.1) is 5.82 Å². The Labute approximate surface area is 139 Å². The first kappa shape index (κ1) is 19.3. The van der Waals surface area contributed by atoms with E-state index in [2.05, 4.69) is 17.5 Å². The van der Waals surface area contributed by atoms with Crippen LogP contribution >= 0.6 is 0 Å². The van der Waals surface area contributed by atoms with Crippen LogP contribution in [0.4, 0.5) is 4.39 Å². The Morgan fingerprint density at radius 2 is 1.74 bits per heavy atom. The Kier molecular flexibility index (Phi) is 10.8. The van der Waals surface area contributed by atoms with Crippen LogP contribution in [0.3, 0.4) is 0 Å². The van der Waals surface area contributed by atoms with Gasteiger partial charge in [-0.05, 0) is 24.1 Å². The van der Waals surface area contributed by atoms with Gasteiger partial charge >= 0.3 is 0 Å². The van der Waals surface area contributed by atoms with Crippen molar-refractivity contribution < 1.29 is 9.18 Å². The molecular weight excluding hydrogens is 291 g/mol. The van der Waals surface area contributed by atoms with Crippen LogP contribution in [0.5, 0.6) is 0 Å². The number of benzene rings is 1. The zero-order valence-corrected chi connectivity index (χ0v) is 14.2. The van der Waals surface area contributed by atoms with Gasteiger partial charge in [-0.2, -0.15) is 5.10 Å². The van der Waals surface area contributed by atoms with E-state index in [1.54, 1.807) is 12.1 Å². The van der Waals surface area contributed by atoms with E-state index < -0.39 is 0 Å². The van der Waals surface area contributed by atoms with E-state index in [1.165, 1.54) is 63.3 Å². The highest BCUT2D eigenvalue weighted by atomic mass is 19.1. The fourth-order valence-electron chi connectivity index (χ4n) is 2.42. The molecule has 1 aromatic rings. The van der Waals surface area contributed by atoms with E-state index in [1.807, 2.05) is 0 Å². The van der Waals surface area contributed by atoms with Crippen molar-refractivity contribution in [3.05, 3.63) is 35.6 Å². The lowest BCUT2D eigenvalue weighted by atomic mass is 10.1. The van der Waals surface area contributed by atoms with Crippen LogP contribution in [-0.4, -0.2) is 12.1 Å². The number of carbonyl (C=O) groups is 1. The lowest BCUT2D eigenvalue weighted by Crippen LogP contribution is -2.16. The summed E-state index contributed by atoms with van der Waals surface area (Å²) < 4.78 is 13.0. The number of halogens is 1. The summed E-state index contributed by atoms with van der Waals surface area (Å²) in [5, 5.41) is 3.85. The monoisotopic (exact) mass is 320 g/mol. The largest absolute Gasteiger partial charge is 0.273 e. The highest BCUT2D eigenvalue weighted by Gasteiger charge is 1.99. The molecule has 128 valence electrons. The van der Waals surface area contributed by atoms with Gasteiger partial charge in [0, 0.05) is 6.42 Å². The van der Waals surface area contributed by atoms with E-state index in [9.17, 15) is 9.18 Å². The number of rotatable bonds is 12. The molecule has 0 saturated heterocycles. The smallest absolute Gasteiger partial charge is 0.240 e. The van der Waals surface area contributed by atoms with Gasteiger partial charge in [0.1, 0.15) is 5.82 Å². The molecule has 0 aliphatic rings. The second-order valence-corrected chi connectivity index (χ2v) is 5.93. The van der Waals surface area contributed by atoms with Crippen LogP contribution in [0.15, 0.2) is 29.4 Å². The predicted octanol–water partition coefficient (Wildman–Crippen LogP) is 5.20. The first-order valence-corrected chi connectivity index (χ1v) is 8.80. The van der Waals surface area contributed by atoms with Gasteiger partial charge in [0.15, 0.2) is 0 Å². The fourth-order valence-corrected chi connectivity index (χ4v) is 2.42. The Balaban J connectivity index is 2.00. The maximum Gasteiger partial charge on any atom is 0.240 e. The van der Waals surface area contributed by atoms with Crippen molar-refractivity contribution in [2.45, 2.75) is 71.1 Å². The molecule has 0 fully saturated rings. The minimum Gasteiger partial charge on any atom is -0.273 e. The number of carbonyl (C=O) groups excluding carboxylic acids is 1. The highest BCUT2D eigenvalue weighted by molar-refractivity contribution is 5.82. The third-order valence-corrected chi connectivity index (χ3v) is 3.76. The number of unbranched alkanes of at least 4 members (excludes halogenated alkanes) is 8. The Hall–Kier alpha value is -1.71. The number of hydrogen-bond donors (Lipinski definition) is 1. The standard InChI is InChI=1S/C19H29FN2O/c1-2-3-4-5-6-7-8-9-10-14-19(23)22-21-16-17-12-11-13-18(20)15-17/h11-13,15-16H,2-10,14H2,1H3,(H,22,23). The van der Waals surface area contributed by atoms with Crippen molar-refractivity contribution in [1.29, 1.82) is 0 Å². The molecule has 0 bridgehead atoms. The molecule has 1 amide bonds. The first-order valence-electron chi connectivity index (χ1n) is 8.80. The van der Waals surface area contributed by atoms with Crippen molar-refractivity contribution >= 4 is 12.1 Å². The van der Waals surface area contributed by atoms with E-state index in [0.717, 1.165) is 12.8 Å². The van der Waals surface area contributed by atoms with E-state index in [0.29, 0.717) is 12.0 Å². The Morgan fingerprint density at radius 3 is 2.39 bits per heavy atom. The summed E-state index contributed by atoms with van der Waals surface area (Å²) in [5.41, 5.74) is 3.12. The van der Waals surface area contributed by atoms with Crippen molar-refractivity contribution in [2.24, 2.45) is 5.10 Å². The summed E-state index contributed by atoms with van der Waals surface area (Å²) in [5.74, 6) is -0.393. The maximum atomic E-state index is 13.0. The van der Waals surface area contributed by atoms with Gasteiger partial charge < -0.3 is 0 Å². The molecule has 0 heterocycles. The summed E-state index contributed by atoms with van der Waals surface area (Å²) in [4.78, 5) is 11.6. The summed E-state index contributed by atoms with van der Waals surface area (Å²) in [6.45, 7) is 2.23. The molecule has 0 aliphatic heterocycles. The second kappa shape index (κ2) is 12.8. The summed E-state index contributed by atoms with van der Waals surface area (Å²) in [6.07, 6.45) is 13.0. The molecule has 1 rings (SSSR count). The number of hydrazone groups is 1. The van der Waals surface area contributed by atoms with Crippen molar-refractivity contribution in [1.82, 2.24) is 5.43 Å². The molecule has 1 aromatic carbocycles. The average Bonchev–Trinajstić information content (AvgIpc) is 2.53. The van der Waals surface area contributed by atoms with Crippen molar-refractivity contribution in [3.63, 3.8) is 0 Å². The molecule has 1 N–H and O–H groups in total. The highest BCUT2D eigenvalue weighted by Crippen LogP contribution is 2.10. The normalized spacial score (nSPS) is 11.0. The van der Waals surface area contributed by atoms with Crippen LogP contribution in [-0.2, 0) is 4.79 Å². The van der Waals surface area contributed by atoms with Gasteiger partial charge in [0.05, 0.1) is 6.21 Å². The quantitative estimate of drug-likeness (QED) is 0.321. The van der Waals surface area contributed by atoms with Gasteiger partial charge in [-0.1, -0.05) is 70.4 Å². The molecule has 0 saturated carbocycles. The third kappa shape index (κ3) is 10.6. The van der Waals surface area contributed by atoms with E-state index in [4.69, 9.17) is 0 Å². The van der Waals surface area contributed by atoms with Gasteiger partial charge in [-0.15, -0.1) is 0 Å². The van der Waals surface area contributed by atoms with Crippen molar-refractivity contribution in [3.8, 4) is 0 Å². The molecule has 3 nitrogen and oxygen atoms in total. The van der Waals surface area contributed by atoms with Gasteiger partial charge in [0.25, 0.3) is 0 Å². The summed E-state index contributed by atoms with van der Waals surface area (Å²) >= 11 is 0. The second-order valence-electron chi connectivity index (χ2n) is 5.93. The molecular formula is C19H29FN2O. The fraction of sp³-hybridized carbons (Fsp3) is 0.579. The number of nitrogens with zero attached hydrogens (tertiary/aromatic N) is 1. The molecule has 0 radical (unpaired) electrons. The lowest BCUT2D eigenvalue weighted by molar-refractivity contribution is -0.121. The van der Waals surface area contributed by atoms with Crippen molar-refractivity contribution in [2.75, 3.05) is 0 Å². The third-order valence-electron chi connectivity index (χ3n) is 3.76. The minimum absolute atomic E-state index is 0.0828. The average molecular weight is 320 g/mol. The van der Waals surface area contributed by atoms with Crippen LogP contribution in [0.1, 0.15) is 76.7 Å². The van der Waals surface area contributed by atoms with E-state index >= 15 is 0 Å². The zero-order chi connectivity index (χ0) is 16.8. The summed E-state index contributed by atoms with van der Waals surface area (Å²) in [7, 11) is 0. The van der Waals surface area contributed by atoms with Crippen LogP contribution in [0.2, 0.25) is 0 Å². The molecule has 0 aliphatic carbocycles.